The second-order valence-corrected chi connectivity index (χ2v) is 5.20. The van der Waals surface area contributed by atoms with Crippen molar-refractivity contribution in [2.24, 2.45) is 7.05 Å². The highest BCUT2D eigenvalue weighted by Gasteiger charge is 2.02. The van der Waals surface area contributed by atoms with Gasteiger partial charge in [-0.1, -0.05) is 36.4 Å². The maximum atomic E-state index is 4.35. The van der Waals surface area contributed by atoms with Gasteiger partial charge in [0, 0.05) is 31.9 Å². The van der Waals surface area contributed by atoms with Gasteiger partial charge in [0.25, 0.3) is 0 Å². The number of nitrogens with zero attached hydrogens (tertiary/aromatic N) is 2. The van der Waals surface area contributed by atoms with Crippen LogP contribution in [-0.2, 0) is 20.1 Å². The summed E-state index contributed by atoms with van der Waals surface area (Å²) >= 11 is 0. The summed E-state index contributed by atoms with van der Waals surface area (Å²) < 4.78 is 1.86. The van der Waals surface area contributed by atoms with Crippen molar-refractivity contribution in [3.05, 3.63) is 65.5 Å². The van der Waals surface area contributed by atoms with Crippen molar-refractivity contribution in [2.45, 2.75) is 20.0 Å². The molecule has 3 heteroatoms. The van der Waals surface area contributed by atoms with Gasteiger partial charge in [0.15, 0.2) is 0 Å². The van der Waals surface area contributed by atoms with Crippen LogP contribution in [0.25, 0.3) is 10.8 Å². The minimum Gasteiger partial charge on any atom is -0.308 e. The standard InChI is InChI=1S/C17H19N3/c1-13-17(12-20(2)19-13)11-18-10-14-7-8-15-5-3-4-6-16(15)9-14/h3-9,12,18H,10-11H2,1-2H3. The Labute approximate surface area is 119 Å². The van der Waals surface area contributed by atoms with Gasteiger partial charge < -0.3 is 5.32 Å². The number of aryl methyl sites for hydroxylation is 2. The number of hydrogen-bond acceptors (Lipinski definition) is 2. The molecular formula is C17H19N3. The van der Waals surface area contributed by atoms with Crippen LogP contribution in [0.1, 0.15) is 16.8 Å². The molecule has 0 fully saturated rings. The van der Waals surface area contributed by atoms with Crippen LogP contribution in [-0.4, -0.2) is 9.78 Å². The van der Waals surface area contributed by atoms with E-state index in [9.17, 15) is 0 Å². The van der Waals surface area contributed by atoms with Crippen molar-refractivity contribution in [3.8, 4) is 0 Å². The van der Waals surface area contributed by atoms with Crippen LogP contribution in [0.4, 0.5) is 0 Å². The van der Waals surface area contributed by atoms with Gasteiger partial charge in [-0.2, -0.15) is 5.10 Å². The zero-order valence-electron chi connectivity index (χ0n) is 11.9. The van der Waals surface area contributed by atoms with Crippen LogP contribution in [0.3, 0.4) is 0 Å². The fourth-order valence-corrected chi connectivity index (χ4v) is 2.51. The average Bonchev–Trinajstić information content (AvgIpc) is 2.77. The smallest absolute Gasteiger partial charge is 0.0638 e. The Hall–Kier alpha value is -2.13. The van der Waals surface area contributed by atoms with Gasteiger partial charge in [0.1, 0.15) is 0 Å². The summed E-state index contributed by atoms with van der Waals surface area (Å²) in [5.74, 6) is 0. The van der Waals surface area contributed by atoms with Crippen LogP contribution >= 0.6 is 0 Å². The average molecular weight is 265 g/mol. The first-order chi connectivity index (χ1) is 9.72. The summed E-state index contributed by atoms with van der Waals surface area (Å²) in [5, 5.41) is 10.4. The Morgan fingerprint density at radius 1 is 1.05 bits per heavy atom. The largest absolute Gasteiger partial charge is 0.308 e. The molecule has 1 aromatic heterocycles. The predicted octanol–water partition coefficient (Wildman–Crippen LogP) is 3.17. The summed E-state index contributed by atoms with van der Waals surface area (Å²) in [6, 6.07) is 15.1. The van der Waals surface area contributed by atoms with Crippen molar-refractivity contribution >= 4 is 10.8 Å². The Balaban J connectivity index is 1.66. The lowest BCUT2D eigenvalue weighted by Gasteiger charge is -2.06. The Morgan fingerprint density at radius 3 is 2.60 bits per heavy atom. The molecule has 20 heavy (non-hydrogen) atoms. The molecule has 0 saturated carbocycles. The van der Waals surface area contributed by atoms with E-state index in [0.717, 1.165) is 18.8 Å². The molecule has 0 aliphatic carbocycles. The Bertz CT molecular complexity index is 728. The van der Waals surface area contributed by atoms with Gasteiger partial charge in [-0.25, -0.2) is 0 Å². The molecule has 1 heterocycles. The minimum atomic E-state index is 0.854. The van der Waals surface area contributed by atoms with E-state index in [-0.39, 0.29) is 0 Å². The molecule has 0 aliphatic heterocycles. The van der Waals surface area contributed by atoms with Crippen molar-refractivity contribution < 1.29 is 0 Å². The predicted molar refractivity (Wildman–Crippen MR) is 82.4 cm³/mol. The summed E-state index contributed by atoms with van der Waals surface area (Å²) in [6.45, 7) is 3.78. The minimum absolute atomic E-state index is 0.854. The van der Waals surface area contributed by atoms with Crippen LogP contribution in [0.15, 0.2) is 48.7 Å². The number of rotatable bonds is 4. The van der Waals surface area contributed by atoms with E-state index in [1.54, 1.807) is 0 Å². The SMILES string of the molecule is Cc1nn(C)cc1CNCc1ccc2ccccc2c1. The highest BCUT2D eigenvalue weighted by molar-refractivity contribution is 5.82. The fourth-order valence-electron chi connectivity index (χ4n) is 2.51. The van der Waals surface area contributed by atoms with Gasteiger partial charge >= 0.3 is 0 Å². The van der Waals surface area contributed by atoms with Crippen LogP contribution < -0.4 is 5.32 Å². The molecule has 0 aliphatic rings. The topological polar surface area (TPSA) is 29.9 Å². The third-order valence-corrected chi connectivity index (χ3v) is 3.57. The lowest BCUT2D eigenvalue weighted by Crippen LogP contribution is -2.12. The number of fused-ring (bicyclic) bond motifs is 1. The summed E-state index contributed by atoms with van der Waals surface area (Å²) in [6.07, 6.45) is 2.07. The second-order valence-electron chi connectivity index (χ2n) is 5.20. The molecule has 0 amide bonds. The van der Waals surface area contributed by atoms with Crippen molar-refractivity contribution in [3.63, 3.8) is 0 Å². The lowest BCUT2D eigenvalue weighted by atomic mass is 10.1. The van der Waals surface area contributed by atoms with E-state index in [1.165, 1.54) is 21.9 Å². The molecule has 3 nitrogen and oxygen atoms in total. The fraction of sp³-hybridized carbons (Fsp3) is 0.235. The Morgan fingerprint density at radius 2 is 1.85 bits per heavy atom. The first-order valence-electron chi connectivity index (χ1n) is 6.90. The second kappa shape index (κ2) is 5.47. The molecule has 2 aromatic carbocycles. The zero-order valence-corrected chi connectivity index (χ0v) is 11.9. The third kappa shape index (κ3) is 2.73. The van der Waals surface area contributed by atoms with E-state index in [2.05, 4.69) is 59.1 Å². The molecule has 0 unspecified atom stereocenters. The molecule has 3 aromatic rings. The molecule has 1 N–H and O–H groups in total. The van der Waals surface area contributed by atoms with E-state index in [4.69, 9.17) is 0 Å². The van der Waals surface area contributed by atoms with Gasteiger partial charge in [-0.05, 0) is 29.3 Å². The van der Waals surface area contributed by atoms with Crippen molar-refractivity contribution in [1.82, 2.24) is 15.1 Å². The first kappa shape index (κ1) is 12.9. The van der Waals surface area contributed by atoms with Crippen molar-refractivity contribution in [2.75, 3.05) is 0 Å². The molecule has 3 rings (SSSR count). The van der Waals surface area contributed by atoms with Crippen LogP contribution in [0, 0.1) is 6.92 Å². The van der Waals surface area contributed by atoms with Crippen LogP contribution in [0.5, 0.6) is 0 Å². The highest BCUT2D eigenvalue weighted by Crippen LogP contribution is 2.15. The number of aromatic nitrogens is 2. The zero-order chi connectivity index (χ0) is 13.9. The molecular weight excluding hydrogens is 246 g/mol. The van der Waals surface area contributed by atoms with E-state index >= 15 is 0 Å². The van der Waals surface area contributed by atoms with E-state index < -0.39 is 0 Å². The molecule has 102 valence electrons. The summed E-state index contributed by atoms with van der Waals surface area (Å²) in [4.78, 5) is 0. The highest BCUT2D eigenvalue weighted by atomic mass is 15.2. The Kier molecular flexibility index (Phi) is 3.52. The normalized spacial score (nSPS) is 11.1. The van der Waals surface area contributed by atoms with Gasteiger partial charge in [0.05, 0.1) is 5.69 Å². The third-order valence-electron chi connectivity index (χ3n) is 3.57. The number of benzene rings is 2. The monoisotopic (exact) mass is 265 g/mol. The van der Waals surface area contributed by atoms with Gasteiger partial charge in [-0.15, -0.1) is 0 Å². The molecule has 0 radical (unpaired) electrons. The maximum absolute atomic E-state index is 4.35. The number of hydrogen-bond donors (Lipinski definition) is 1. The molecule has 0 spiro atoms. The first-order valence-corrected chi connectivity index (χ1v) is 6.90. The van der Waals surface area contributed by atoms with Gasteiger partial charge in [0.2, 0.25) is 0 Å². The van der Waals surface area contributed by atoms with Gasteiger partial charge in [-0.3, -0.25) is 4.68 Å². The lowest BCUT2D eigenvalue weighted by molar-refractivity contribution is 0.690. The van der Waals surface area contributed by atoms with Crippen molar-refractivity contribution in [1.29, 1.82) is 0 Å². The molecule has 0 saturated heterocycles. The maximum Gasteiger partial charge on any atom is 0.0638 e. The number of nitrogens with one attached hydrogen (secondary N) is 1. The van der Waals surface area contributed by atoms with Crippen LogP contribution in [0.2, 0.25) is 0 Å². The molecule has 0 atom stereocenters. The molecule has 0 bridgehead atoms. The quantitative estimate of drug-likeness (QED) is 0.785. The van der Waals surface area contributed by atoms with E-state index in [0.29, 0.717) is 0 Å². The summed E-state index contributed by atoms with van der Waals surface area (Å²) in [5.41, 5.74) is 3.66. The van der Waals surface area contributed by atoms with E-state index in [1.807, 2.05) is 18.7 Å². The summed E-state index contributed by atoms with van der Waals surface area (Å²) in [7, 11) is 1.96.